The average molecular weight is 425 g/mol. The minimum Gasteiger partial charge on any atom is -0.494 e. The van der Waals surface area contributed by atoms with Crippen LogP contribution in [0.1, 0.15) is 41.2 Å². The molecule has 0 aliphatic heterocycles. The summed E-state index contributed by atoms with van der Waals surface area (Å²) in [6, 6.07) is 6.36. The molecule has 1 aliphatic carbocycles. The molecule has 1 amide bonds. The molecule has 1 saturated carbocycles. The SMILES string of the molecule is COCCCNC(=O)c1cnn(-c2nccc(-c3ccc(OC)c(F)c3)n2)c1C1CC1. The Bertz CT molecular complexity index is 1080. The highest BCUT2D eigenvalue weighted by Gasteiger charge is 2.33. The first-order chi connectivity index (χ1) is 15.1. The first kappa shape index (κ1) is 20.9. The van der Waals surface area contributed by atoms with Crippen LogP contribution in [-0.2, 0) is 4.74 Å². The predicted molar refractivity (Wildman–Crippen MR) is 112 cm³/mol. The first-order valence-electron chi connectivity index (χ1n) is 10.1. The van der Waals surface area contributed by atoms with Crippen molar-refractivity contribution in [1.82, 2.24) is 25.1 Å². The maximum absolute atomic E-state index is 14.1. The summed E-state index contributed by atoms with van der Waals surface area (Å²) >= 11 is 0. The minimum atomic E-state index is -0.467. The van der Waals surface area contributed by atoms with E-state index in [-0.39, 0.29) is 17.6 Å². The molecular formula is C22H24FN5O3. The molecule has 0 unspecified atom stereocenters. The van der Waals surface area contributed by atoms with Crippen LogP contribution >= 0.6 is 0 Å². The van der Waals surface area contributed by atoms with E-state index in [1.54, 1.807) is 42.4 Å². The van der Waals surface area contributed by atoms with Gasteiger partial charge in [0.1, 0.15) is 0 Å². The lowest BCUT2D eigenvalue weighted by Crippen LogP contribution is -2.26. The molecule has 0 saturated heterocycles. The summed E-state index contributed by atoms with van der Waals surface area (Å²) in [7, 11) is 3.05. The lowest BCUT2D eigenvalue weighted by molar-refractivity contribution is 0.0947. The van der Waals surface area contributed by atoms with Gasteiger partial charge in [-0.3, -0.25) is 4.79 Å². The fraction of sp³-hybridized carbons (Fsp3) is 0.364. The third-order valence-electron chi connectivity index (χ3n) is 5.11. The number of carbonyl (C=O) groups is 1. The topological polar surface area (TPSA) is 91.2 Å². The number of benzene rings is 1. The highest BCUT2D eigenvalue weighted by atomic mass is 19.1. The number of hydrogen-bond acceptors (Lipinski definition) is 6. The monoisotopic (exact) mass is 425 g/mol. The molecule has 1 aliphatic rings. The zero-order valence-corrected chi connectivity index (χ0v) is 17.5. The van der Waals surface area contributed by atoms with Crippen LogP contribution in [0.25, 0.3) is 17.2 Å². The smallest absolute Gasteiger partial charge is 0.254 e. The normalized spacial score (nSPS) is 13.3. The Morgan fingerprint density at radius 3 is 2.84 bits per heavy atom. The summed E-state index contributed by atoms with van der Waals surface area (Å²) in [6.45, 7) is 1.11. The van der Waals surface area contributed by atoms with Crippen LogP contribution in [0, 0.1) is 5.82 Å². The summed E-state index contributed by atoms with van der Waals surface area (Å²) in [5, 5.41) is 7.31. The van der Waals surface area contributed by atoms with Crippen molar-refractivity contribution in [3.8, 4) is 23.0 Å². The minimum absolute atomic E-state index is 0.169. The van der Waals surface area contributed by atoms with E-state index >= 15 is 0 Å². The van der Waals surface area contributed by atoms with Crippen molar-refractivity contribution in [2.75, 3.05) is 27.4 Å². The van der Waals surface area contributed by atoms with Gasteiger partial charge in [0.2, 0.25) is 0 Å². The van der Waals surface area contributed by atoms with Gasteiger partial charge < -0.3 is 14.8 Å². The Balaban J connectivity index is 1.63. The van der Waals surface area contributed by atoms with E-state index in [0.717, 1.165) is 25.0 Å². The van der Waals surface area contributed by atoms with E-state index in [1.165, 1.54) is 13.2 Å². The number of methoxy groups -OCH3 is 2. The van der Waals surface area contributed by atoms with Crippen LogP contribution in [0.2, 0.25) is 0 Å². The van der Waals surface area contributed by atoms with Crippen molar-refractivity contribution in [2.24, 2.45) is 0 Å². The number of amides is 1. The first-order valence-corrected chi connectivity index (χ1v) is 10.1. The molecule has 4 rings (SSSR count). The van der Waals surface area contributed by atoms with Crippen molar-refractivity contribution in [2.45, 2.75) is 25.2 Å². The van der Waals surface area contributed by atoms with E-state index in [4.69, 9.17) is 9.47 Å². The lowest BCUT2D eigenvalue weighted by atomic mass is 10.1. The molecule has 1 aromatic carbocycles. The van der Waals surface area contributed by atoms with Gasteiger partial charge in [-0.2, -0.15) is 5.10 Å². The van der Waals surface area contributed by atoms with Crippen LogP contribution in [0.4, 0.5) is 4.39 Å². The van der Waals surface area contributed by atoms with E-state index in [2.05, 4.69) is 20.4 Å². The molecule has 9 heteroatoms. The summed E-state index contributed by atoms with van der Waals surface area (Å²) in [4.78, 5) is 21.6. The number of hydrogen-bond donors (Lipinski definition) is 1. The lowest BCUT2D eigenvalue weighted by Gasteiger charge is -2.10. The zero-order chi connectivity index (χ0) is 21.8. The molecule has 2 heterocycles. The number of carbonyl (C=O) groups excluding carboxylic acids is 1. The fourth-order valence-corrected chi connectivity index (χ4v) is 3.39. The molecule has 1 fully saturated rings. The number of rotatable bonds is 9. The van der Waals surface area contributed by atoms with Gasteiger partial charge in [-0.15, -0.1) is 0 Å². The van der Waals surface area contributed by atoms with Crippen LogP contribution in [0.5, 0.6) is 5.75 Å². The molecule has 162 valence electrons. The number of nitrogens with one attached hydrogen (secondary N) is 1. The molecule has 0 radical (unpaired) electrons. The molecule has 0 bridgehead atoms. The van der Waals surface area contributed by atoms with Crippen LogP contribution in [0.3, 0.4) is 0 Å². The molecule has 2 aromatic heterocycles. The van der Waals surface area contributed by atoms with Crippen LogP contribution in [-0.4, -0.2) is 53.0 Å². The van der Waals surface area contributed by atoms with E-state index < -0.39 is 5.82 Å². The van der Waals surface area contributed by atoms with Crippen molar-refractivity contribution < 1.29 is 18.7 Å². The Kier molecular flexibility index (Phi) is 6.22. The highest BCUT2D eigenvalue weighted by Crippen LogP contribution is 2.42. The fourth-order valence-electron chi connectivity index (χ4n) is 3.39. The molecule has 8 nitrogen and oxygen atoms in total. The Morgan fingerprint density at radius 2 is 2.13 bits per heavy atom. The standard InChI is InChI=1S/C22H24FN5O3/c1-30-11-3-9-24-21(29)16-13-26-28(20(16)14-4-5-14)22-25-10-8-18(27-22)15-6-7-19(31-2)17(23)12-15/h6-8,10,12-14H,3-5,9,11H2,1-2H3,(H,24,29). The molecule has 0 spiro atoms. The quantitative estimate of drug-likeness (QED) is 0.530. The molecule has 31 heavy (non-hydrogen) atoms. The number of halogens is 1. The van der Waals surface area contributed by atoms with Gasteiger partial charge in [0.15, 0.2) is 11.6 Å². The Morgan fingerprint density at radius 1 is 1.29 bits per heavy atom. The zero-order valence-electron chi connectivity index (χ0n) is 17.5. The van der Waals surface area contributed by atoms with E-state index in [1.807, 2.05) is 0 Å². The highest BCUT2D eigenvalue weighted by molar-refractivity contribution is 5.95. The molecule has 3 aromatic rings. The third-order valence-corrected chi connectivity index (χ3v) is 5.11. The molecule has 1 N–H and O–H groups in total. The van der Waals surface area contributed by atoms with Gasteiger partial charge in [0.25, 0.3) is 11.9 Å². The van der Waals surface area contributed by atoms with Crippen molar-refractivity contribution >= 4 is 5.91 Å². The number of ether oxygens (including phenoxy) is 2. The van der Waals surface area contributed by atoms with Crippen molar-refractivity contribution in [1.29, 1.82) is 0 Å². The van der Waals surface area contributed by atoms with Gasteiger partial charge in [-0.05, 0) is 43.5 Å². The van der Waals surface area contributed by atoms with Crippen LogP contribution in [0.15, 0.2) is 36.7 Å². The molecule has 0 atom stereocenters. The molecular weight excluding hydrogens is 401 g/mol. The summed E-state index contributed by atoms with van der Waals surface area (Å²) in [5.41, 5.74) is 2.49. The maximum atomic E-state index is 14.1. The second-order valence-electron chi connectivity index (χ2n) is 7.32. The predicted octanol–water partition coefficient (Wildman–Crippen LogP) is 3.12. The van der Waals surface area contributed by atoms with Crippen LogP contribution < -0.4 is 10.1 Å². The van der Waals surface area contributed by atoms with Crippen molar-refractivity contribution in [3.05, 3.63) is 53.7 Å². The largest absolute Gasteiger partial charge is 0.494 e. The average Bonchev–Trinajstić information content (AvgIpc) is 3.54. The van der Waals surface area contributed by atoms with Gasteiger partial charge in [0.05, 0.1) is 30.3 Å². The van der Waals surface area contributed by atoms with Gasteiger partial charge in [-0.25, -0.2) is 19.0 Å². The van der Waals surface area contributed by atoms with E-state index in [9.17, 15) is 9.18 Å². The number of nitrogens with zero attached hydrogens (tertiary/aromatic N) is 4. The van der Waals surface area contributed by atoms with E-state index in [0.29, 0.717) is 35.9 Å². The second-order valence-corrected chi connectivity index (χ2v) is 7.32. The van der Waals surface area contributed by atoms with Gasteiger partial charge in [-0.1, -0.05) is 0 Å². The summed E-state index contributed by atoms with van der Waals surface area (Å²) in [5.74, 6) is 0.118. The van der Waals surface area contributed by atoms with Gasteiger partial charge >= 0.3 is 0 Å². The number of aromatic nitrogens is 4. The Labute approximate surface area is 179 Å². The van der Waals surface area contributed by atoms with Gasteiger partial charge in [0, 0.05) is 37.9 Å². The van der Waals surface area contributed by atoms with Crippen molar-refractivity contribution in [3.63, 3.8) is 0 Å². The summed E-state index contributed by atoms with van der Waals surface area (Å²) < 4.78 is 25.8. The second kappa shape index (κ2) is 9.22. The summed E-state index contributed by atoms with van der Waals surface area (Å²) in [6.07, 6.45) is 5.86. The maximum Gasteiger partial charge on any atom is 0.254 e. The third kappa shape index (κ3) is 4.56. The Hall–Kier alpha value is -3.33.